The van der Waals surface area contributed by atoms with Crippen LogP contribution in [0.3, 0.4) is 0 Å². The van der Waals surface area contributed by atoms with Crippen molar-refractivity contribution in [1.82, 2.24) is 5.32 Å². The van der Waals surface area contributed by atoms with E-state index in [1.54, 1.807) is 25.1 Å². The number of carboxylic acid groups (broad SMARTS) is 1. The molecule has 1 amide bonds. The molecular weight excluding hydrogens is 286 g/mol. The van der Waals surface area contributed by atoms with Crippen molar-refractivity contribution >= 4 is 11.9 Å². The first-order valence-corrected chi connectivity index (χ1v) is 6.87. The van der Waals surface area contributed by atoms with E-state index in [-0.39, 0.29) is 30.6 Å². The van der Waals surface area contributed by atoms with E-state index in [1.165, 1.54) is 6.07 Å². The van der Waals surface area contributed by atoms with Crippen LogP contribution in [-0.2, 0) is 4.79 Å². The highest BCUT2D eigenvalue weighted by Gasteiger charge is 2.14. The van der Waals surface area contributed by atoms with Gasteiger partial charge in [-0.25, -0.2) is 0 Å². The monoisotopic (exact) mass is 303 g/mol. The number of para-hydroxylation sites is 1. The van der Waals surface area contributed by atoms with Gasteiger partial charge in [0.25, 0.3) is 11.9 Å². The van der Waals surface area contributed by atoms with Crippen LogP contribution in [0.1, 0.15) is 23.9 Å². The van der Waals surface area contributed by atoms with Crippen molar-refractivity contribution in [3.05, 3.63) is 48.2 Å². The SMILES string of the molecule is CC(CNC(=O)c1ccc(Oc2ccccc2)o1)CC(=O)O. The van der Waals surface area contributed by atoms with E-state index in [9.17, 15) is 9.59 Å². The Morgan fingerprint density at radius 3 is 2.64 bits per heavy atom. The molecule has 6 nitrogen and oxygen atoms in total. The number of carbonyl (C=O) groups excluding carboxylic acids is 1. The summed E-state index contributed by atoms with van der Waals surface area (Å²) in [6.07, 6.45) is 0.000797. The number of aliphatic carboxylic acids is 1. The Morgan fingerprint density at radius 1 is 1.23 bits per heavy atom. The standard InChI is InChI=1S/C16H17NO5/c1-11(9-14(18)19)10-17-16(20)13-7-8-15(22-13)21-12-5-3-2-4-6-12/h2-8,11H,9-10H2,1H3,(H,17,20)(H,18,19). The van der Waals surface area contributed by atoms with Gasteiger partial charge in [0, 0.05) is 19.0 Å². The largest absolute Gasteiger partial charge is 0.481 e. The Balaban J connectivity index is 1.88. The topological polar surface area (TPSA) is 88.8 Å². The second-order valence-corrected chi connectivity index (χ2v) is 4.95. The average molecular weight is 303 g/mol. The molecule has 0 bridgehead atoms. The van der Waals surface area contributed by atoms with Crippen LogP contribution in [0.25, 0.3) is 0 Å². The minimum absolute atomic E-state index is 0.000797. The summed E-state index contributed by atoms with van der Waals surface area (Å²) in [6.45, 7) is 2.02. The number of carboxylic acids is 1. The Kier molecular flexibility index (Phi) is 5.19. The maximum atomic E-state index is 11.9. The van der Waals surface area contributed by atoms with Crippen molar-refractivity contribution < 1.29 is 23.8 Å². The number of hydrogen-bond donors (Lipinski definition) is 2. The lowest BCUT2D eigenvalue weighted by molar-refractivity contribution is -0.137. The van der Waals surface area contributed by atoms with Crippen molar-refractivity contribution in [3.8, 4) is 11.7 Å². The first-order valence-electron chi connectivity index (χ1n) is 6.87. The third-order valence-electron chi connectivity index (χ3n) is 2.90. The predicted molar refractivity (Wildman–Crippen MR) is 79.0 cm³/mol. The zero-order valence-electron chi connectivity index (χ0n) is 12.1. The van der Waals surface area contributed by atoms with Gasteiger partial charge < -0.3 is 19.6 Å². The van der Waals surface area contributed by atoms with E-state index in [4.69, 9.17) is 14.3 Å². The fraction of sp³-hybridized carbons (Fsp3) is 0.250. The van der Waals surface area contributed by atoms with Crippen molar-refractivity contribution in [2.45, 2.75) is 13.3 Å². The highest BCUT2D eigenvalue weighted by Crippen LogP contribution is 2.23. The summed E-state index contributed by atoms with van der Waals surface area (Å²) >= 11 is 0. The maximum absolute atomic E-state index is 11.9. The van der Waals surface area contributed by atoms with Crippen LogP contribution in [0.4, 0.5) is 0 Å². The number of rotatable bonds is 7. The van der Waals surface area contributed by atoms with Crippen molar-refractivity contribution in [3.63, 3.8) is 0 Å². The predicted octanol–water partition coefficient (Wildman–Crippen LogP) is 2.91. The fourth-order valence-electron chi connectivity index (χ4n) is 1.83. The number of hydrogen-bond acceptors (Lipinski definition) is 4. The molecule has 2 N–H and O–H groups in total. The lowest BCUT2D eigenvalue weighted by atomic mass is 10.1. The van der Waals surface area contributed by atoms with E-state index >= 15 is 0 Å². The zero-order chi connectivity index (χ0) is 15.9. The lowest BCUT2D eigenvalue weighted by Crippen LogP contribution is -2.28. The average Bonchev–Trinajstić information content (AvgIpc) is 2.94. The molecule has 22 heavy (non-hydrogen) atoms. The molecule has 0 aliphatic rings. The number of furan rings is 1. The molecule has 0 fully saturated rings. The lowest BCUT2D eigenvalue weighted by Gasteiger charge is -2.09. The van der Waals surface area contributed by atoms with Gasteiger partial charge in [0.15, 0.2) is 5.76 Å². The van der Waals surface area contributed by atoms with Gasteiger partial charge in [0.2, 0.25) is 0 Å². The second kappa shape index (κ2) is 7.31. The maximum Gasteiger partial charge on any atom is 0.303 e. The van der Waals surface area contributed by atoms with E-state index in [1.807, 2.05) is 18.2 Å². The summed E-state index contributed by atoms with van der Waals surface area (Å²) in [5.74, 6) is -0.503. The van der Waals surface area contributed by atoms with Crippen molar-refractivity contribution in [2.24, 2.45) is 5.92 Å². The quantitative estimate of drug-likeness (QED) is 0.821. The molecule has 0 aliphatic heterocycles. The number of nitrogens with one attached hydrogen (secondary N) is 1. The molecule has 0 radical (unpaired) electrons. The third-order valence-corrected chi connectivity index (χ3v) is 2.90. The molecule has 6 heteroatoms. The minimum Gasteiger partial charge on any atom is -0.481 e. The second-order valence-electron chi connectivity index (χ2n) is 4.95. The summed E-state index contributed by atoms with van der Waals surface area (Å²) in [5.41, 5.74) is 0. The minimum atomic E-state index is -0.890. The number of ether oxygens (including phenoxy) is 1. The third kappa shape index (κ3) is 4.66. The van der Waals surface area contributed by atoms with Crippen LogP contribution in [0.15, 0.2) is 46.9 Å². The molecule has 1 unspecified atom stereocenters. The van der Waals surface area contributed by atoms with Crippen LogP contribution in [0, 0.1) is 5.92 Å². The molecule has 1 heterocycles. The molecule has 1 atom stereocenters. The highest BCUT2D eigenvalue weighted by molar-refractivity contribution is 5.91. The van der Waals surface area contributed by atoms with Gasteiger partial charge in [-0.05, 0) is 24.1 Å². The molecule has 0 aliphatic carbocycles. The van der Waals surface area contributed by atoms with Crippen LogP contribution in [0.5, 0.6) is 11.7 Å². The molecule has 0 spiro atoms. The number of carbonyl (C=O) groups is 2. The number of benzene rings is 1. The Hall–Kier alpha value is -2.76. The molecule has 2 rings (SSSR count). The van der Waals surface area contributed by atoms with Crippen LogP contribution >= 0.6 is 0 Å². The smallest absolute Gasteiger partial charge is 0.303 e. The van der Waals surface area contributed by atoms with Crippen molar-refractivity contribution in [2.75, 3.05) is 6.54 Å². The van der Waals surface area contributed by atoms with Crippen molar-refractivity contribution in [1.29, 1.82) is 0 Å². The van der Waals surface area contributed by atoms with Gasteiger partial charge in [-0.1, -0.05) is 25.1 Å². The normalized spacial score (nSPS) is 11.7. The van der Waals surface area contributed by atoms with Gasteiger partial charge in [-0.2, -0.15) is 0 Å². The first-order chi connectivity index (χ1) is 10.5. The van der Waals surface area contributed by atoms with Gasteiger partial charge in [0.1, 0.15) is 5.75 Å². The Bertz CT molecular complexity index is 635. The van der Waals surface area contributed by atoms with E-state index in [0.29, 0.717) is 5.75 Å². The highest BCUT2D eigenvalue weighted by atomic mass is 16.6. The van der Waals surface area contributed by atoms with Gasteiger partial charge in [-0.15, -0.1) is 0 Å². The van der Waals surface area contributed by atoms with Crippen LogP contribution < -0.4 is 10.1 Å². The van der Waals surface area contributed by atoms with Gasteiger partial charge in [-0.3, -0.25) is 9.59 Å². The van der Waals surface area contributed by atoms with Crippen LogP contribution in [-0.4, -0.2) is 23.5 Å². The van der Waals surface area contributed by atoms with E-state index in [2.05, 4.69) is 5.32 Å². The van der Waals surface area contributed by atoms with E-state index in [0.717, 1.165) is 0 Å². The first kappa shape index (κ1) is 15.6. The fourth-order valence-corrected chi connectivity index (χ4v) is 1.83. The summed E-state index contributed by atoms with van der Waals surface area (Å²) in [4.78, 5) is 22.4. The molecule has 116 valence electrons. The van der Waals surface area contributed by atoms with E-state index < -0.39 is 11.9 Å². The van der Waals surface area contributed by atoms with Gasteiger partial charge in [0.05, 0.1) is 0 Å². The van der Waals surface area contributed by atoms with Crippen LogP contribution in [0.2, 0.25) is 0 Å². The molecule has 1 aromatic heterocycles. The Labute approximate surface area is 127 Å². The summed E-state index contributed by atoms with van der Waals surface area (Å²) < 4.78 is 10.8. The molecular formula is C16H17NO5. The molecule has 0 saturated heterocycles. The summed E-state index contributed by atoms with van der Waals surface area (Å²) in [7, 11) is 0. The van der Waals surface area contributed by atoms with Gasteiger partial charge >= 0.3 is 5.97 Å². The zero-order valence-corrected chi connectivity index (χ0v) is 12.1. The molecule has 0 saturated carbocycles. The number of amides is 1. The summed E-state index contributed by atoms with van der Waals surface area (Å²) in [6, 6.07) is 12.1. The molecule has 2 aromatic rings. The molecule has 1 aromatic carbocycles. The Morgan fingerprint density at radius 2 is 1.95 bits per heavy atom. The summed E-state index contributed by atoms with van der Waals surface area (Å²) in [5, 5.41) is 11.3.